The van der Waals surface area contributed by atoms with E-state index in [9.17, 15) is 22.8 Å². The van der Waals surface area contributed by atoms with E-state index in [-0.39, 0.29) is 11.1 Å². The minimum Gasteiger partial charge on any atom is -0.478 e. The van der Waals surface area contributed by atoms with Crippen LogP contribution in [0.15, 0.2) is 24.5 Å². The molecular formula is C11H7F3N4O3. The molecule has 7 nitrogen and oxygen atoms in total. The molecule has 0 aliphatic rings. The van der Waals surface area contributed by atoms with Gasteiger partial charge in [0.2, 0.25) is 0 Å². The molecule has 0 bridgehead atoms. The molecule has 0 saturated heterocycles. The molecule has 21 heavy (non-hydrogen) atoms. The Morgan fingerprint density at radius 2 is 1.95 bits per heavy atom. The molecule has 0 aliphatic heterocycles. The van der Waals surface area contributed by atoms with Gasteiger partial charge in [-0.1, -0.05) is 0 Å². The lowest BCUT2D eigenvalue weighted by Gasteiger charge is -2.10. The van der Waals surface area contributed by atoms with Crippen molar-refractivity contribution in [1.29, 1.82) is 0 Å². The number of hydrogen-bond acceptors (Lipinski definition) is 4. The van der Waals surface area contributed by atoms with E-state index in [4.69, 9.17) is 10.8 Å². The molecule has 110 valence electrons. The number of hydrogen-bond donors (Lipinski definition) is 2. The number of carboxylic acids is 1. The highest BCUT2D eigenvalue weighted by Crippen LogP contribution is 2.29. The molecule has 2 aromatic heterocycles. The van der Waals surface area contributed by atoms with Crippen molar-refractivity contribution >= 4 is 11.9 Å². The van der Waals surface area contributed by atoms with Crippen LogP contribution in [-0.2, 0) is 6.18 Å². The predicted molar refractivity (Wildman–Crippen MR) is 61.8 cm³/mol. The first-order chi connectivity index (χ1) is 9.70. The number of carboxylic acid groups (broad SMARTS) is 1. The van der Waals surface area contributed by atoms with Gasteiger partial charge < -0.3 is 10.8 Å². The van der Waals surface area contributed by atoms with Gasteiger partial charge in [-0.3, -0.25) is 4.79 Å². The van der Waals surface area contributed by atoms with E-state index in [0.29, 0.717) is 6.07 Å². The van der Waals surface area contributed by atoms with Gasteiger partial charge in [-0.15, -0.1) is 0 Å². The van der Waals surface area contributed by atoms with E-state index in [1.165, 1.54) is 0 Å². The second-order valence-electron chi connectivity index (χ2n) is 3.91. The fourth-order valence-corrected chi connectivity index (χ4v) is 1.52. The lowest BCUT2D eigenvalue weighted by Crippen LogP contribution is -2.19. The minimum absolute atomic E-state index is 0.273. The van der Waals surface area contributed by atoms with E-state index >= 15 is 0 Å². The molecule has 2 aromatic rings. The van der Waals surface area contributed by atoms with Crippen molar-refractivity contribution in [2.45, 2.75) is 6.18 Å². The molecule has 0 aromatic carbocycles. The van der Waals surface area contributed by atoms with Gasteiger partial charge in [0.25, 0.3) is 5.91 Å². The molecule has 1 amide bonds. The van der Waals surface area contributed by atoms with Gasteiger partial charge in [0, 0.05) is 6.20 Å². The molecular weight excluding hydrogens is 293 g/mol. The fourth-order valence-electron chi connectivity index (χ4n) is 1.52. The summed E-state index contributed by atoms with van der Waals surface area (Å²) in [7, 11) is 0. The lowest BCUT2D eigenvalue weighted by atomic mass is 10.2. The van der Waals surface area contributed by atoms with Crippen LogP contribution in [0.5, 0.6) is 0 Å². The quantitative estimate of drug-likeness (QED) is 0.881. The first-order valence-corrected chi connectivity index (χ1v) is 5.36. The largest absolute Gasteiger partial charge is 0.478 e. The normalized spacial score (nSPS) is 11.4. The number of aromatic nitrogens is 3. The third-order valence-electron chi connectivity index (χ3n) is 2.48. The SMILES string of the molecule is NC(=O)c1ccc(C(F)(F)F)nc1-n1cc(C(=O)O)cn1. The van der Waals surface area contributed by atoms with Crippen LogP contribution in [-0.4, -0.2) is 31.7 Å². The number of rotatable bonds is 3. The zero-order valence-electron chi connectivity index (χ0n) is 10.1. The maximum absolute atomic E-state index is 12.6. The summed E-state index contributed by atoms with van der Waals surface area (Å²) in [5.41, 5.74) is 3.22. The number of aromatic carboxylic acids is 1. The molecule has 0 unspecified atom stereocenters. The monoisotopic (exact) mass is 300 g/mol. The van der Waals surface area contributed by atoms with E-state index in [1.54, 1.807) is 0 Å². The molecule has 0 spiro atoms. The Bertz CT molecular complexity index is 724. The van der Waals surface area contributed by atoms with E-state index in [1.807, 2.05) is 0 Å². The Labute approximate surface area is 114 Å². The Morgan fingerprint density at radius 1 is 1.29 bits per heavy atom. The van der Waals surface area contributed by atoms with Crippen molar-refractivity contribution in [2.75, 3.05) is 0 Å². The third-order valence-corrected chi connectivity index (χ3v) is 2.48. The first kappa shape index (κ1) is 14.5. The Kier molecular flexibility index (Phi) is 3.37. The fraction of sp³-hybridized carbons (Fsp3) is 0.0909. The molecule has 0 fully saturated rings. The third kappa shape index (κ3) is 2.83. The van der Waals surface area contributed by atoms with Gasteiger partial charge in [0.05, 0.1) is 17.3 Å². The van der Waals surface area contributed by atoms with Crippen molar-refractivity contribution in [2.24, 2.45) is 5.73 Å². The van der Waals surface area contributed by atoms with E-state index < -0.39 is 29.6 Å². The van der Waals surface area contributed by atoms with Crippen LogP contribution >= 0.6 is 0 Å². The topological polar surface area (TPSA) is 111 Å². The number of halogens is 3. The maximum atomic E-state index is 12.6. The molecule has 0 radical (unpaired) electrons. The van der Waals surface area contributed by atoms with Gasteiger partial charge in [-0.05, 0) is 12.1 Å². The van der Waals surface area contributed by atoms with Crippen molar-refractivity contribution in [1.82, 2.24) is 14.8 Å². The van der Waals surface area contributed by atoms with Gasteiger partial charge in [0.1, 0.15) is 5.69 Å². The number of carbonyl (C=O) groups excluding carboxylic acids is 1. The summed E-state index contributed by atoms with van der Waals surface area (Å²) in [4.78, 5) is 25.3. The summed E-state index contributed by atoms with van der Waals surface area (Å²) in [6.45, 7) is 0. The summed E-state index contributed by atoms with van der Waals surface area (Å²) in [5.74, 6) is -2.84. The second kappa shape index (κ2) is 4.89. The van der Waals surface area contributed by atoms with Crippen LogP contribution in [0.3, 0.4) is 0 Å². The molecule has 3 N–H and O–H groups in total. The average Bonchev–Trinajstić information content (AvgIpc) is 2.86. The van der Waals surface area contributed by atoms with Crippen molar-refractivity contribution in [3.05, 3.63) is 41.3 Å². The zero-order chi connectivity index (χ0) is 15.8. The van der Waals surface area contributed by atoms with Gasteiger partial charge in [-0.25, -0.2) is 14.5 Å². The summed E-state index contributed by atoms with van der Waals surface area (Å²) >= 11 is 0. The van der Waals surface area contributed by atoms with Crippen LogP contribution in [0.1, 0.15) is 26.4 Å². The Hall–Kier alpha value is -2.91. The second-order valence-corrected chi connectivity index (χ2v) is 3.91. The summed E-state index contributed by atoms with van der Waals surface area (Å²) in [6.07, 6.45) is -2.89. The standard InChI is InChI=1S/C11H7F3N4O3/c12-11(13,14)7-2-1-6(8(15)19)9(17-7)18-4-5(3-16-18)10(20)21/h1-4H,(H2,15,19)(H,20,21). The number of amides is 1. The summed E-state index contributed by atoms with van der Waals surface area (Å²) < 4.78 is 38.7. The minimum atomic E-state index is -4.73. The van der Waals surface area contributed by atoms with Gasteiger partial charge >= 0.3 is 12.1 Å². The predicted octanol–water partition coefficient (Wildman–Crippen LogP) is 1.08. The molecule has 0 saturated carbocycles. The first-order valence-electron chi connectivity index (χ1n) is 5.36. The molecule has 10 heteroatoms. The van der Waals surface area contributed by atoms with Crippen molar-refractivity contribution < 1.29 is 27.9 Å². The molecule has 0 aliphatic carbocycles. The number of carbonyl (C=O) groups is 2. The number of primary amides is 1. The highest BCUT2D eigenvalue weighted by Gasteiger charge is 2.33. The highest BCUT2D eigenvalue weighted by molar-refractivity contribution is 5.96. The lowest BCUT2D eigenvalue weighted by molar-refractivity contribution is -0.141. The maximum Gasteiger partial charge on any atom is 0.433 e. The van der Waals surface area contributed by atoms with E-state index in [0.717, 1.165) is 23.1 Å². The highest BCUT2D eigenvalue weighted by atomic mass is 19.4. The van der Waals surface area contributed by atoms with Crippen LogP contribution < -0.4 is 5.73 Å². The van der Waals surface area contributed by atoms with Crippen molar-refractivity contribution in [3.8, 4) is 5.82 Å². The summed E-state index contributed by atoms with van der Waals surface area (Å²) in [5, 5.41) is 12.3. The average molecular weight is 300 g/mol. The number of alkyl halides is 3. The van der Waals surface area contributed by atoms with E-state index in [2.05, 4.69) is 10.1 Å². The molecule has 0 atom stereocenters. The smallest absolute Gasteiger partial charge is 0.433 e. The summed E-state index contributed by atoms with van der Waals surface area (Å²) in [6, 6.07) is 1.46. The number of pyridine rings is 1. The van der Waals surface area contributed by atoms with Crippen LogP contribution in [0.4, 0.5) is 13.2 Å². The van der Waals surface area contributed by atoms with Crippen LogP contribution in [0.25, 0.3) is 5.82 Å². The van der Waals surface area contributed by atoms with Crippen molar-refractivity contribution in [3.63, 3.8) is 0 Å². The Morgan fingerprint density at radius 3 is 2.43 bits per heavy atom. The number of nitrogens with zero attached hydrogens (tertiary/aromatic N) is 3. The molecule has 2 rings (SSSR count). The van der Waals surface area contributed by atoms with Crippen LogP contribution in [0.2, 0.25) is 0 Å². The zero-order valence-corrected chi connectivity index (χ0v) is 10.1. The van der Waals surface area contributed by atoms with Crippen LogP contribution in [0, 0.1) is 0 Å². The molecule has 2 heterocycles. The van der Waals surface area contributed by atoms with Gasteiger partial charge in [0.15, 0.2) is 5.82 Å². The Balaban J connectivity index is 2.62. The number of nitrogens with two attached hydrogens (primary N) is 1. The van der Waals surface area contributed by atoms with Gasteiger partial charge in [-0.2, -0.15) is 18.3 Å².